The van der Waals surface area contributed by atoms with Crippen LogP contribution in [0, 0.1) is 6.92 Å². The number of carbonyl (C=O) groups is 1. The minimum atomic E-state index is 0.689. The molecule has 0 fully saturated rings. The first kappa shape index (κ1) is 9.59. The molecule has 2 aromatic rings. The second kappa shape index (κ2) is 4.05. The monoisotopic (exact) mass is 197 g/mol. The van der Waals surface area contributed by atoms with Gasteiger partial charge < -0.3 is 0 Å². The van der Waals surface area contributed by atoms with Gasteiger partial charge in [-0.05, 0) is 25.1 Å². The van der Waals surface area contributed by atoms with Crippen LogP contribution in [0.25, 0.3) is 11.3 Å². The fraction of sp³-hybridized carbons (Fsp3) is 0.0769. The Bertz CT molecular complexity index is 477. The van der Waals surface area contributed by atoms with Gasteiger partial charge in [0.05, 0.1) is 5.69 Å². The van der Waals surface area contributed by atoms with Gasteiger partial charge in [-0.2, -0.15) is 0 Å². The van der Waals surface area contributed by atoms with Crippen LogP contribution in [0.3, 0.4) is 0 Å². The van der Waals surface area contributed by atoms with E-state index < -0.39 is 0 Å². The lowest BCUT2D eigenvalue weighted by molar-refractivity contribution is 0.112. The quantitative estimate of drug-likeness (QED) is 0.693. The summed E-state index contributed by atoms with van der Waals surface area (Å²) in [5.41, 5.74) is 3.49. The Balaban J connectivity index is 2.58. The lowest BCUT2D eigenvalue weighted by Crippen LogP contribution is -1.90. The first-order chi connectivity index (χ1) is 7.31. The summed E-state index contributed by atoms with van der Waals surface area (Å²) in [6.45, 7) is 1.97. The third-order valence-corrected chi connectivity index (χ3v) is 2.27. The van der Waals surface area contributed by atoms with Crippen LogP contribution >= 0.6 is 0 Å². The predicted molar refractivity (Wildman–Crippen MR) is 59.8 cm³/mol. The number of aryl methyl sites for hydroxylation is 1. The average molecular weight is 197 g/mol. The zero-order chi connectivity index (χ0) is 10.7. The molecular weight excluding hydrogens is 186 g/mol. The van der Waals surface area contributed by atoms with Crippen molar-refractivity contribution in [2.75, 3.05) is 0 Å². The molecule has 0 aliphatic rings. The van der Waals surface area contributed by atoms with Crippen LogP contribution in [0.4, 0.5) is 0 Å². The van der Waals surface area contributed by atoms with E-state index in [2.05, 4.69) is 4.98 Å². The Hall–Kier alpha value is -1.96. The summed E-state index contributed by atoms with van der Waals surface area (Å²) in [4.78, 5) is 15.2. The predicted octanol–water partition coefficient (Wildman–Crippen LogP) is 2.87. The SMILES string of the molecule is Cc1ccc(-c2ccccn2)c(C=O)c1. The van der Waals surface area contributed by atoms with Crippen LogP contribution < -0.4 is 0 Å². The molecule has 1 aromatic heterocycles. The summed E-state index contributed by atoms with van der Waals surface area (Å²) in [7, 11) is 0. The van der Waals surface area contributed by atoms with E-state index in [-0.39, 0.29) is 0 Å². The molecular formula is C13H11NO. The molecule has 74 valence electrons. The number of pyridine rings is 1. The third-order valence-electron chi connectivity index (χ3n) is 2.27. The highest BCUT2D eigenvalue weighted by Gasteiger charge is 2.04. The van der Waals surface area contributed by atoms with Crippen molar-refractivity contribution in [3.8, 4) is 11.3 Å². The van der Waals surface area contributed by atoms with Crippen molar-refractivity contribution in [2.45, 2.75) is 6.92 Å². The molecule has 0 aliphatic heterocycles. The highest BCUT2D eigenvalue weighted by atomic mass is 16.1. The van der Waals surface area contributed by atoms with Crippen molar-refractivity contribution < 1.29 is 4.79 Å². The molecule has 0 amide bonds. The van der Waals surface area contributed by atoms with Gasteiger partial charge in [-0.3, -0.25) is 9.78 Å². The molecule has 0 unspecified atom stereocenters. The number of benzene rings is 1. The highest BCUT2D eigenvalue weighted by molar-refractivity contribution is 5.86. The molecule has 2 heteroatoms. The topological polar surface area (TPSA) is 30.0 Å². The van der Waals surface area contributed by atoms with Gasteiger partial charge in [0, 0.05) is 17.3 Å². The molecule has 2 nitrogen and oxygen atoms in total. The maximum atomic E-state index is 10.9. The number of aldehydes is 1. The molecule has 0 saturated heterocycles. The van der Waals surface area contributed by atoms with Gasteiger partial charge in [0.1, 0.15) is 0 Å². The summed E-state index contributed by atoms with van der Waals surface area (Å²) >= 11 is 0. The smallest absolute Gasteiger partial charge is 0.150 e. The van der Waals surface area contributed by atoms with E-state index in [4.69, 9.17) is 0 Å². The molecule has 0 bridgehead atoms. The van der Waals surface area contributed by atoms with Crippen molar-refractivity contribution in [1.82, 2.24) is 4.98 Å². The second-order valence-corrected chi connectivity index (χ2v) is 3.42. The molecule has 15 heavy (non-hydrogen) atoms. The van der Waals surface area contributed by atoms with Crippen LogP contribution in [0.15, 0.2) is 42.6 Å². The van der Waals surface area contributed by atoms with Crippen LogP contribution in [0.1, 0.15) is 15.9 Å². The van der Waals surface area contributed by atoms with Crippen molar-refractivity contribution in [3.63, 3.8) is 0 Å². The van der Waals surface area contributed by atoms with Crippen molar-refractivity contribution in [1.29, 1.82) is 0 Å². The zero-order valence-corrected chi connectivity index (χ0v) is 8.47. The number of aromatic nitrogens is 1. The summed E-state index contributed by atoms with van der Waals surface area (Å²) in [6, 6.07) is 11.5. The maximum Gasteiger partial charge on any atom is 0.150 e. The van der Waals surface area contributed by atoms with Gasteiger partial charge in [0.15, 0.2) is 6.29 Å². The lowest BCUT2D eigenvalue weighted by Gasteiger charge is -2.04. The summed E-state index contributed by atoms with van der Waals surface area (Å²) in [6.07, 6.45) is 2.60. The number of nitrogens with zero attached hydrogens (tertiary/aromatic N) is 1. The fourth-order valence-corrected chi connectivity index (χ4v) is 1.53. The highest BCUT2D eigenvalue weighted by Crippen LogP contribution is 2.21. The van der Waals surface area contributed by atoms with E-state index in [1.165, 1.54) is 0 Å². The third kappa shape index (κ3) is 1.94. The normalized spacial score (nSPS) is 9.93. The molecule has 0 spiro atoms. The molecule has 0 aliphatic carbocycles. The molecule has 0 radical (unpaired) electrons. The number of hydrogen-bond acceptors (Lipinski definition) is 2. The van der Waals surface area contributed by atoms with Gasteiger partial charge in [0.2, 0.25) is 0 Å². The van der Waals surface area contributed by atoms with Crippen molar-refractivity contribution >= 4 is 6.29 Å². The number of rotatable bonds is 2. The van der Waals surface area contributed by atoms with E-state index in [9.17, 15) is 4.79 Å². The minimum Gasteiger partial charge on any atom is -0.298 e. The molecule has 0 atom stereocenters. The molecule has 2 rings (SSSR count). The Morgan fingerprint density at radius 3 is 2.73 bits per heavy atom. The summed E-state index contributed by atoms with van der Waals surface area (Å²) < 4.78 is 0. The van der Waals surface area contributed by atoms with Crippen LogP contribution in [0.5, 0.6) is 0 Å². The first-order valence-corrected chi connectivity index (χ1v) is 4.78. The van der Waals surface area contributed by atoms with Gasteiger partial charge in [-0.25, -0.2) is 0 Å². The van der Waals surface area contributed by atoms with E-state index in [0.717, 1.165) is 23.1 Å². The number of carbonyl (C=O) groups excluding carboxylic acids is 1. The average Bonchev–Trinajstić information content (AvgIpc) is 2.30. The van der Waals surface area contributed by atoms with Gasteiger partial charge in [0.25, 0.3) is 0 Å². The Labute approximate surface area is 88.6 Å². The van der Waals surface area contributed by atoms with E-state index in [1.54, 1.807) is 6.20 Å². The molecule has 0 N–H and O–H groups in total. The van der Waals surface area contributed by atoms with Crippen molar-refractivity contribution in [2.24, 2.45) is 0 Å². The first-order valence-electron chi connectivity index (χ1n) is 4.78. The zero-order valence-electron chi connectivity index (χ0n) is 8.47. The van der Waals surface area contributed by atoms with E-state index in [0.29, 0.717) is 5.56 Å². The summed E-state index contributed by atoms with van der Waals surface area (Å²) in [5, 5.41) is 0. The van der Waals surface area contributed by atoms with Crippen LogP contribution in [-0.2, 0) is 0 Å². The summed E-state index contributed by atoms with van der Waals surface area (Å²) in [5.74, 6) is 0. The van der Waals surface area contributed by atoms with Crippen LogP contribution in [-0.4, -0.2) is 11.3 Å². The maximum absolute atomic E-state index is 10.9. The lowest BCUT2D eigenvalue weighted by atomic mass is 10.0. The number of hydrogen-bond donors (Lipinski definition) is 0. The largest absolute Gasteiger partial charge is 0.298 e. The molecule has 1 aromatic carbocycles. The van der Waals surface area contributed by atoms with E-state index in [1.807, 2.05) is 43.3 Å². The fourth-order valence-electron chi connectivity index (χ4n) is 1.53. The Morgan fingerprint density at radius 2 is 2.07 bits per heavy atom. The van der Waals surface area contributed by atoms with Crippen molar-refractivity contribution in [3.05, 3.63) is 53.7 Å². The Morgan fingerprint density at radius 1 is 1.20 bits per heavy atom. The van der Waals surface area contributed by atoms with Gasteiger partial charge in [-0.15, -0.1) is 0 Å². The second-order valence-electron chi connectivity index (χ2n) is 3.42. The van der Waals surface area contributed by atoms with Crippen LogP contribution in [0.2, 0.25) is 0 Å². The molecule has 0 saturated carbocycles. The van der Waals surface area contributed by atoms with Gasteiger partial charge >= 0.3 is 0 Å². The van der Waals surface area contributed by atoms with E-state index >= 15 is 0 Å². The molecule has 1 heterocycles. The Kier molecular flexibility index (Phi) is 2.59. The van der Waals surface area contributed by atoms with Gasteiger partial charge in [-0.1, -0.05) is 23.8 Å². The standard InChI is InChI=1S/C13H11NO/c1-10-5-6-12(11(8-10)9-15)13-4-2-3-7-14-13/h2-9H,1H3. The minimum absolute atomic E-state index is 0.689.